The van der Waals surface area contributed by atoms with Gasteiger partial charge in [0.15, 0.2) is 0 Å². The second-order valence-electron chi connectivity index (χ2n) is 4.83. The molecule has 20 heavy (non-hydrogen) atoms. The molecule has 0 aromatic heterocycles. The number of hydrogen-bond acceptors (Lipinski definition) is 4. The third-order valence-corrected chi connectivity index (χ3v) is 4.11. The van der Waals surface area contributed by atoms with E-state index in [2.05, 4.69) is 5.32 Å². The van der Waals surface area contributed by atoms with Crippen LogP contribution in [0.5, 0.6) is 0 Å². The van der Waals surface area contributed by atoms with Gasteiger partial charge < -0.3 is 4.90 Å². The number of fused-ring (bicyclic) bond motifs is 1. The minimum atomic E-state index is -0.497. The molecule has 0 bridgehead atoms. The molecule has 1 N–H and O–H groups in total. The first kappa shape index (κ1) is 12.9. The van der Waals surface area contributed by atoms with Crippen LogP contribution in [0.4, 0.5) is 10.5 Å². The number of carbonyl (C=O) groups excluding carboxylic acids is 3. The molecule has 5 nitrogen and oxygen atoms in total. The van der Waals surface area contributed by atoms with Crippen LogP contribution in [0, 0.1) is 0 Å². The first-order valence-electron chi connectivity index (χ1n) is 6.21. The van der Waals surface area contributed by atoms with E-state index in [1.807, 2.05) is 32.0 Å². The van der Waals surface area contributed by atoms with Crippen molar-refractivity contribution < 1.29 is 14.4 Å². The van der Waals surface area contributed by atoms with Crippen molar-refractivity contribution in [1.82, 2.24) is 5.32 Å². The number of hydrogen-bond donors (Lipinski definition) is 1. The highest BCUT2D eigenvalue weighted by molar-refractivity contribution is 8.18. The Labute approximate surface area is 120 Å². The van der Waals surface area contributed by atoms with Gasteiger partial charge in [0.25, 0.3) is 17.1 Å². The topological polar surface area (TPSA) is 66.5 Å². The minimum absolute atomic E-state index is 0.0214. The van der Waals surface area contributed by atoms with Crippen molar-refractivity contribution in [3.63, 3.8) is 0 Å². The fraction of sp³-hybridized carbons (Fsp3) is 0.214. The second-order valence-corrected chi connectivity index (χ2v) is 5.82. The number of para-hydroxylation sites is 1. The van der Waals surface area contributed by atoms with Crippen LogP contribution in [-0.2, 0) is 9.59 Å². The predicted octanol–water partition coefficient (Wildman–Crippen LogP) is 2.14. The number of nitrogens with one attached hydrogen (secondary N) is 1. The highest BCUT2D eigenvalue weighted by Gasteiger charge is 2.40. The number of anilines is 1. The summed E-state index contributed by atoms with van der Waals surface area (Å²) in [6, 6.07) is 7.29. The molecule has 1 aromatic carbocycles. The van der Waals surface area contributed by atoms with Gasteiger partial charge in [-0.15, -0.1) is 0 Å². The zero-order valence-corrected chi connectivity index (χ0v) is 11.8. The first-order valence-corrected chi connectivity index (χ1v) is 7.02. The maximum absolute atomic E-state index is 12.6. The molecule has 0 spiro atoms. The average molecular weight is 288 g/mol. The maximum Gasteiger partial charge on any atom is 0.290 e. The van der Waals surface area contributed by atoms with Crippen molar-refractivity contribution in [3.8, 4) is 0 Å². The van der Waals surface area contributed by atoms with Crippen LogP contribution in [0.25, 0.3) is 5.57 Å². The molecule has 1 aromatic rings. The third kappa shape index (κ3) is 1.76. The number of imide groups is 1. The van der Waals surface area contributed by atoms with Crippen LogP contribution < -0.4 is 10.2 Å². The van der Waals surface area contributed by atoms with E-state index in [0.717, 1.165) is 17.4 Å². The largest absolute Gasteiger partial charge is 0.305 e. The van der Waals surface area contributed by atoms with Crippen molar-refractivity contribution in [2.75, 3.05) is 4.90 Å². The summed E-state index contributed by atoms with van der Waals surface area (Å²) in [5.41, 5.74) is 1.81. The van der Waals surface area contributed by atoms with Crippen molar-refractivity contribution >= 4 is 40.1 Å². The lowest BCUT2D eigenvalue weighted by atomic mass is 10.1. The monoisotopic (exact) mass is 288 g/mol. The summed E-state index contributed by atoms with van der Waals surface area (Å²) in [6.07, 6.45) is 0. The Morgan fingerprint density at radius 3 is 2.45 bits per heavy atom. The van der Waals surface area contributed by atoms with Gasteiger partial charge in [-0.3, -0.25) is 19.7 Å². The maximum atomic E-state index is 12.6. The number of benzene rings is 1. The van der Waals surface area contributed by atoms with E-state index in [1.165, 1.54) is 0 Å². The zero-order valence-electron chi connectivity index (χ0n) is 11.0. The van der Waals surface area contributed by atoms with Crippen LogP contribution in [0.2, 0.25) is 0 Å². The molecule has 2 aliphatic heterocycles. The van der Waals surface area contributed by atoms with Crippen LogP contribution in [0.3, 0.4) is 0 Å². The molecule has 2 aliphatic rings. The number of rotatable bonds is 1. The molecule has 6 heteroatoms. The van der Waals surface area contributed by atoms with Crippen LogP contribution in [0.1, 0.15) is 19.4 Å². The molecular formula is C14H12N2O3S. The lowest BCUT2D eigenvalue weighted by Gasteiger charge is -2.21. The fourth-order valence-corrected chi connectivity index (χ4v) is 3.22. The van der Waals surface area contributed by atoms with E-state index >= 15 is 0 Å². The van der Waals surface area contributed by atoms with E-state index < -0.39 is 11.1 Å². The summed E-state index contributed by atoms with van der Waals surface area (Å²) in [5, 5.41) is 1.76. The van der Waals surface area contributed by atoms with Gasteiger partial charge in [0, 0.05) is 11.6 Å². The van der Waals surface area contributed by atoms with Gasteiger partial charge in [-0.25, -0.2) is 0 Å². The minimum Gasteiger partial charge on any atom is -0.305 e. The summed E-state index contributed by atoms with van der Waals surface area (Å²) in [5.74, 6) is -0.725. The summed E-state index contributed by atoms with van der Waals surface area (Å²) in [4.78, 5) is 37.6. The number of amides is 3. The van der Waals surface area contributed by atoms with Crippen molar-refractivity contribution in [3.05, 3.63) is 34.7 Å². The molecule has 3 rings (SSSR count). The summed E-state index contributed by atoms with van der Waals surface area (Å²) in [6.45, 7) is 3.82. The molecule has 0 radical (unpaired) electrons. The Balaban J connectivity index is 2.24. The normalized spacial score (nSPS) is 21.8. The SMILES string of the molecule is CC(C)N1C(=O)C(=C2SC(=O)NC2=O)c2ccccc21. The van der Waals surface area contributed by atoms with Gasteiger partial charge in [0.2, 0.25) is 0 Å². The molecule has 0 aliphatic carbocycles. The van der Waals surface area contributed by atoms with E-state index in [0.29, 0.717) is 11.1 Å². The van der Waals surface area contributed by atoms with Crippen molar-refractivity contribution in [2.45, 2.75) is 19.9 Å². The van der Waals surface area contributed by atoms with Crippen LogP contribution >= 0.6 is 11.8 Å². The molecule has 0 atom stereocenters. The smallest absolute Gasteiger partial charge is 0.290 e. The summed E-state index contributed by atoms with van der Waals surface area (Å²) < 4.78 is 0. The highest BCUT2D eigenvalue weighted by Crippen LogP contribution is 2.43. The van der Waals surface area contributed by atoms with Gasteiger partial charge in [0.1, 0.15) is 0 Å². The summed E-state index contributed by atoms with van der Waals surface area (Å²) >= 11 is 0.785. The van der Waals surface area contributed by atoms with E-state index in [4.69, 9.17) is 0 Å². The van der Waals surface area contributed by atoms with Gasteiger partial charge in [-0.2, -0.15) is 0 Å². The van der Waals surface area contributed by atoms with Crippen molar-refractivity contribution in [1.29, 1.82) is 0 Å². The van der Waals surface area contributed by atoms with Gasteiger partial charge in [-0.05, 0) is 31.7 Å². The number of thioether (sulfide) groups is 1. The van der Waals surface area contributed by atoms with E-state index in [1.54, 1.807) is 11.0 Å². The van der Waals surface area contributed by atoms with Gasteiger partial charge in [-0.1, -0.05) is 18.2 Å². The molecule has 0 saturated carbocycles. The Morgan fingerprint density at radius 1 is 1.15 bits per heavy atom. The lowest BCUT2D eigenvalue weighted by Crippen LogP contribution is -2.33. The number of carbonyl (C=O) groups is 3. The van der Waals surface area contributed by atoms with Crippen LogP contribution in [-0.4, -0.2) is 23.1 Å². The molecule has 0 unspecified atom stereocenters. The molecular weight excluding hydrogens is 276 g/mol. The molecule has 1 saturated heterocycles. The molecule has 102 valence electrons. The zero-order chi connectivity index (χ0) is 14.4. The Morgan fingerprint density at radius 2 is 1.85 bits per heavy atom. The summed E-state index contributed by atoms with van der Waals surface area (Å²) in [7, 11) is 0. The Bertz CT molecular complexity index is 679. The highest BCUT2D eigenvalue weighted by atomic mass is 32.2. The molecule has 3 amide bonds. The van der Waals surface area contributed by atoms with Gasteiger partial charge in [0.05, 0.1) is 16.2 Å². The fourth-order valence-electron chi connectivity index (χ4n) is 2.45. The number of nitrogens with zero attached hydrogens (tertiary/aromatic N) is 1. The standard InChI is InChI=1S/C14H12N2O3S/c1-7(2)16-9-6-4-3-5-8(9)10(13(16)18)11-12(17)15-14(19)20-11/h3-7H,1-2H3,(H,15,17,19). The Hall–Kier alpha value is -2.08. The quantitative estimate of drug-likeness (QED) is 0.804. The molecule has 1 fully saturated rings. The first-order chi connectivity index (χ1) is 9.50. The predicted molar refractivity (Wildman–Crippen MR) is 77.1 cm³/mol. The second kappa shape index (κ2) is 4.49. The Kier molecular flexibility index (Phi) is 2.90. The van der Waals surface area contributed by atoms with Gasteiger partial charge >= 0.3 is 0 Å². The average Bonchev–Trinajstić information content (AvgIpc) is 2.85. The third-order valence-electron chi connectivity index (χ3n) is 3.23. The van der Waals surface area contributed by atoms with E-state index in [-0.39, 0.29) is 16.9 Å². The molecule has 2 heterocycles. The lowest BCUT2D eigenvalue weighted by molar-refractivity contribution is -0.116. The van der Waals surface area contributed by atoms with Crippen LogP contribution in [0.15, 0.2) is 29.2 Å². The van der Waals surface area contributed by atoms with E-state index in [9.17, 15) is 14.4 Å². The van der Waals surface area contributed by atoms with Crippen molar-refractivity contribution in [2.24, 2.45) is 0 Å².